The number of nitrogens with zero attached hydrogens (tertiary/aromatic N) is 2. The molecule has 0 saturated carbocycles. The quantitative estimate of drug-likeness (QED) is 0.409. The van der Waals surface area contributed by atoms with Crippen molar-refractivity contribution in [1.29, 1.82) is 0 Å². The first-order chi connectivity index (χ1) is 13.4. The van der Waals surface area contributed by atoms with Crippen LogP contribution in [-0.4, -0.2) is 28.1 Å². The van der Waals surface area contributed by atoms with Gasteiger partial charge in [0.25, 0.3) is 0 Å². The van der Waals surface area contributed by atoms with Gasteiger partial charge >= 0.3 is 11.8 Å². The molecule has 1 aliphatic heterocycles. The molecule has 3 rings (SSSR count). The molecule has 2 aromatic rings. The van der Waals surface area contributed by atoms with E-state index in [1.807, 2.05) is 0 Å². The first kappa shape index (κ1) is 18.9. The maximum Gasteiger partial charge on any atom is 0.353 e. The van der Waals surface area contributed by atoms with Crippen LogP contribution in [0.1, 0.15) is 24.1 Å². The fourth-order valence-electron chi connectivity index (χ4n) is 3.08. The van der Waals surface area contributed by atoms with Crippen molar-refractivity contribution in [2.75, 3.05) is 12.4 Å². The molecule has 1 aliphatic rings. The summed E-state index contributed by atoms with van der Waals surface area (Å²) in [5, 5.41) is 26.9. The van der Waals surface area contributed by atoms with E-state index in [2.05, 4.69) is 15.6 Å². The third-order valence-electron chi connectivity index (χ3n) is 4.35. The van der Waals surface area contributed by atoms with Crippen LogP contribution in [0.3, 0.4) is 0 Å². The molecule has 2 heterocycles. The van der Waals surface area contributed by atoms with Gasteiger partial charge < -0.3 is 25.3 Å². The number of nitrogens with one attached hydrogen (secondary N) is 2. The average Bonchev–Trinajstić information content (AvgIpc) is 2.81. The molecule has 0 aliphatic carbocycles. The second kappa shape index (κ2) is 7.78. The first-order valence-corrected chi connectivity index (χ1v) is 8.33. The molecule has 0 amide bonds. The van der Waals surface area contributed by atoms with Crippen molar-refractivity contribution in [2.24, 2.45) is 0 Å². The van der Waals surface area contributed by atoms with Gasteiger partial charge in [0.05, 0.1) is 18.3 Å². The Morgan fingerprint density at radius 1 is 1.29 bits per heavy atom. The van der Waals surface area contributed by atoms with Crippen LogP contribution in [-0.2, 0) is 9.53 Å². The van der Waals surface area contributed by atoms with Crippen LogP contribution in [0.4, 0.5) is 5.69 Å². The van der Waals surface area contributed by atoms with Gasteiger partial charge in [0.1, 0.15) is 0 Å². The van der Waals surface area contributed by atoms with E-state index in [1.165, 1.54) is 7.11 Å². The van der Waals surface area contributed by atoms with Gasteiger partial charge in [0.2, 0.25) is 6.04 Å². The summed E-state index contributed by atoms with van der Waals surface area (Å²) in [7, 11) is 1.44. The summed E-state index contributed by atoms with van der Waals surface area (Å²) in [5.74, 6) is -1.37. The van der Waals surface area contributed by atoms with Gasteiger partial charge in [-0.15, -0.1) is 0 Å². The molecule has 144 valence electrons. The van der Waals surface area contributed by atoms with E-state index in [0.29, 0.717) is 22.4 Å². The predicted octanol–water partition coefficient (Wildman–Crippen LogP) is 2.75. The van der Waals surface area contributed by atoms with E-state index in [4.69, 9.17) is 4.74 Å². The number of allylic oxidation sites excluding steroid dienone is 2. The number of methoxy groups -OCH3 is 1. The Hall–Kier alpha value is -3.88. The highest BCUT2D eigenvalue weighted by atomic mass is 16.6. The van der Waals surface area contributed by atoms with Gasteiger partial charge in [-0.3, -0.25) is 10.3 Å². The van der Waals surface area contributed by atoms with Gasteiger partial charge in [0, 0.05) is 23.6 Å². The van der Waals surface area contributed by atoms with Crippen LogP contribution in [0.5, 0.6) is 0 Å². The number of aromatic nitrogens is 1. The number of benzene rings is 1. The summed E-state index contributed by atoms with van der Waals surface area (Å²) >= 11 is 0. The molecule has 0 spiro atoms. The fraction of sp³-hybridized carbons (Fsp3) is 0.158. The lowest BCUT2D eigenvalue weighted by Gasteiger charge is -2.17. The second-order valence-electron chi connectivity index (χ2n) is 6.00. The Bertz CT molecular complexity index is 985. The Balaban J connectivity index is 2.30. The van der Waals surface area contributed by atoms with Crippen LogP contribution >= 0.6 is 0 Å². The minimum absolute atomic E-state index is 0.250. The third-order valence-corrected chi connectivity index (χ3v) is 4.35. The molecular weight excluding hydrogens is 364 g/mol. The van der Waals surface area contributed by atoms with Crippen molar-refractivity contribution < 1.29 is 19.6 Å². The minimum Gasteiger partial charge on any atom is -0.482 e. The molecule has 0 unspecified atom stereocenters. The highest BCUT2D eigenvalue weighted by Crippen LogP contribution is 2.37. The smallest absolute Gasteiger partial charge is 0.353 e. The number of carboxylic acids is 1. The molecule has 9 nitrogen and oxygen atoms in total. The van der Waals surface area contributed by atoms with E-state index >= 15 is 0 Å². The van der Waals surface area contributed by atoms with Crippen molar-refractivity contribution in [1.82, 2.24) is 10.3 Å². The summed E-state index contributed by atoms with van der Waals surface area (Å²) in [6, 6.07) is 8.91. The number of nitro groups is 1. The lowest BCUT2D eigenvalue weighted by molar-refractivity contribution is -0.433. The number of aliphatic carboxylic acids is 1. The molecule has 0 radical (unpaired) electrons. The van der Waals surface area contributed by atoms with E-state index in [-0.39, 0.29) is 11.5 Å². The van der Waals surface area contributed by atoms with Gasteiger partial charge in [-0.05, 0) is 29.5 Å². The number of carbonyl (C=O) groups is 1. The summed E-state index contributed by atoms with van der Waals surface area (Å²) in [6.45, 7) is 1.55. The number of hydrogen-bond donors (Lipinski definition) is 3. The molecule has 0 bridgehead atoms. The number of fused-ring (bicyclic) bond motifs is 1. The highest BCUT2D eigenvalue weighted by Gasteiger charge is 2.36. The van der Waals surface area contributed by atoms with Crippen molar-refractivity contribution >= 4 is 17.2 Å². The molecule has 1 aromatic carbocycles. The van der Waals surface area contributed by atoms with Gasteiger partial charge in [-0.2, -0.15) is 0 Å². The van der Waals surface area contributed by atoms with Crippen molar-refractivity contribution in [2.45, 2.75) is 13.0 Å². The van der Waals surface area contributed by atoms with Crippen molar-refractivity contribution in [3.63, 3.8) is 0 Å². The molecule has 9 heteroatoms. The molecule has 1 aromatic heterocycles. The zero-order chi connectivity index (χ0) is 20.3. The number of ether oxygens (including phenoxy) is 1. The predicted molar refractivity (Wildman–Crippen MR) is 101 cm³/mol. The molecule has 0 saturated heterocycles. The summed E-state index contributed by atoms with van der Waals surface area (Å²) in [6.07, 6.45) is 3.18. The molecule has 0 fully saturated rings. The molecule has 3 N–H and O–H groups in total. The number of carboxylic acid groups (broad SMARTS) is 1. The van der Waals surface area contributed by atoms with Crippen LogP contribution < -0.4 is 10.6 Å². The topological polar surface area (TPSA) is 127 Å². The number of hydrogen-bond acceptors (Lipinski definition) is 7. The highest BCUT2D eigenvalue weighted by molar-refractivity contribution is 5.88. The molecular formula is C19H18N4O5. The van der Waals surface area contributed by atoms with Gasteiger partial charge in [0.15, 0.2) is 5.88 Å². The van der Waals surface area contributed by atoms with Crippen LogP contribution in [0.25, 0.3) is 5.57 Å². The Labute approximate surface area is 160 Å². The maximum absolute atomic E-state index is 11.8. The third kappa shape index (κ3) is 3.50. The maximum atomic E-state index is 11.8. The number of rotatable bonds is 5. The van der Waals surface area contributed by atoms with E-state index in [9.17, 15) is 20.0 Å². The Morgan fingerprint density at radius 2 is 1.96 bits per heavy atom. The Morgan fingerprint density at radius 3 is 2.57 bits per heavy atom. The number of anilines is 1. The van der Waals surface area contributed by atoms with Crippen LogP contribution in [0.2, 0.25) is 0 Å². The molecule has 1 atom stereocenters. The first-order valence-electron chi connectivity index (χ1n) is 8.33. The zero-order valence-electron chi connectivity index (χ0n) is 15.2. The molecule has 28 heavy (non-hydrogen) atoms. The van der Waals surface area contributed by atoms with Crippen LogP contribution in [0.15, 0.2) is 66.1 Å². The lowest BCUT2D eigenvalue weighted by Crippen LogP contribution is -2.30. The lowest BCUT2D eigenvalue weighted by atomic mass is 9.93. The largest absolute Gasteiger partial charge is 0.482 e. The number of pyridine rings is 1. The normalized spacial score (nSPS) is 17.7. The van der Waals surface area contributed by atoms with Gasteiger partial charge in [-0.1, -0.05) is 24.3 Å². The van der Waals surface area contributed by atoms with Crippen LogP contribution in [0, 0.1) is 10.1 Å². The van der Waals surface area contributed by atoms with E-state index in [1.54, 1.807) is 55.7 Å². The van der Waals surface area contributed by atoms with Crippen molar-refractivity contribution in [3.8, 4) is 0 Å². The van der Waals surface area contributed by atoms with E-state index < -0.39 is 22.8 Å². The fourth-order valence-corrected chi connectivity index (χ4v) is 3.08. The SMILES string of the molecule is CO/C(Nc1ccncc1)=C1\C(C)=C([N+](=O)[O-])N[C@@H](C(=O)O)c2ccccc21. The minimum atomic E-state index is -1.27. The standard InChI is InChI=1S/C19H18N4O5/c1-11-15(18(28-2)21-12-7-9-20-10-8-12)13-5-3-4-6-14(13)16(19(24)25)22-17(11)23(26)27/h3-10,16,22H,1-2H3,(H,20,21)(H,24,25)/b18-15+/t16-/m1/s1. The Kier molecular flexibility index (Phi) is 5.25. The van der Waals surface area contributed by atoms with Gasteiger partial charge in [-0.25, -0.2) is 4.79 Å². The summed E-state index contributed by atoms with van der Waals surface area (Å²) < 4.78 is 5.52. The zero-order valence-corrected chi connectivity index (χ0v) is 15.2. The average molecular weight is 382 g/mol. The van der Waals surface area contributed by atoms with Crippen molar-refractivity contribution in [3.05, 3.63) is 87.3 Å². The monoisotopic (exact) mass is 382 g/mol. The van der Waals surface area contributed by atoms with E-state index in [0.717, 1.165) is 0 Å². The second-order valence-corrected chi connectivity index (χ2v) is 6.00. The summed E-state index contributed by atoms with van der Waals surface area (Å²) in [5.41, 5.74) is 2.24. The summed E-state index contributed by atoms with van der Waals surface area (Å²) in [4.78, 5) is 26.8.